The summed E-state index contributed by atoms with van der Waals surface area (Å²) in [7, 11) is 1.77. The van der Waals surface area contributed by atoms with Crippen LogP contribution in [0.5, 0.6) is 0 Å². The van der Waals surface area contributed by atoms with E-state index in [0.717, 1.165) is 53.6 Å². The Hall–Kier alpha value is -2.81. The maximum absolute atomic E-state index is 5.97. The minimum Gasteiger partial charge on any atom is -0.459 e. The number of aliphatic imine (C=N–C) groups is 1. The lowest BCUT2D eigenvalue weighted by atomic mass is 10.1. The lowest BCUT2D eigenvalue weighted by Crippen LogP contribution is -2.38. The Morgan fingerprint density at radius 2 is 1.84 bits per heavy atom. The zero-order chi connectivity index (χ0) is 20.8. The topological polar surface area (TPSA) is 67.4 Å². The lowest BCUT2D eigenvalue weighted by Gasteiger charge is -2.12. The molecule has 31 heavy (non-hydrogen) atoms. The molecule has 2 N–H and O–H groups in total. The van der Waals surface area contributed by atoms with Gasteiger partial charge in [0.05, 0.1) is 6.54 Å². The van der Waals surface area contributed by atoms with E-state index in [0.29, 0.717) is 6.54 Å². The molecule has 162 valence electrons. The third-order valence-corrected chi connectivity index (χ3v) is 5.22. The molecule has 0 amide bonds. The molecule has 0 aliphatic carbocycles. The summed E-state index contributed by atoms with van der Waals surface area (Å²) in [4.78, 5) is 8.83. The van der Waals surface area contributed by atoms with Gasteiger partial charge in [-0.2, -0.15) is 0 Å². The molecule has 0 aliphatic rings. The Kier molecular flexibility index (Phi) is 8.11. The normalized spacial score (nSPS) is 11.4. The number of aryl methyl sites for hydroxylation is 1. The first-order valence-corrected chi connectivity index (χ1v) is 10.2. The van der Waals surface area contributed by atoms with Crippen molar-refractivity contribution in [2.24, 2.45) is 4.99 Å². The second kappa shape index (κ2) is 11.0. The van der Waals surface area contributed by atoms with Gasteiger partial charge >= 0.3 is 0 Å². The molecule has 4 rings (SSSR count). The number of imidazole rings is 1. The van der Waals surface area contributed by atoms with E-state index in [1.807, 2.05) is 36.7 Å². The molecule has 0 saturated heterocycles. The van der Waals surface area contributed by atoms with Crippen molar-refractivity contribution in [3.63, 3.8) is 0 Å². The molecule has 2 heterocycles. The number of benzene rings is 2. The van der Waals surface area contributed by atoms with Gasteiger partial charge in [-0.1, -0.05) is 48.5 Å². The second-order valence-corrected chi connectivity index (χ2v) is 7.21. The van der Waals surface area contributed by atoms with Crippen LogP contribution in [0.1, 0.15) is 22.7 Å². The van der Waals surface area contributed by atoms with Gasteiger partial charge in [-0.05, 0) is 18.6 Å². The average Bonchev–Trinajstić information content (AvgIpc) is 3.35. The maximum atomic E-state index is 5.97. The van der Waals surface area contributed by atoms with Gasteiger partial charge < -0.3 is 19.6 Å². The first-order valence-electron chi connectivity index (χ1n) is 10.2. The van der Waals surface area contributed by atoms with Crippen molar-refractivity contribution in [3.05, 3.63) is 89.7 Å². The van der Waals surface area contributed by atoms with Crippen molar-refractivity contribution in [1.82, 2.24) is 20.2 Å². The number of furan rings is 1. The smallest absolute Gasteiger partial charge is 0.191 e. The Morgan fingerprint density at radius 1 is 1.06 bits per heavy atom. The first-order chi connectivity index (χ1) is 14.7. The highest BCUT2D eigenvalue weighted by atomic mass is 127. The van der Waals surface area contributed by atoms with Gasteiger partial charge in [0.2, 0.25) is 0 Å². The van der Waals surface area contributed by atoms with E-state index in [2.05, 4.69) is 62.4 Å². The van der Waals surface area contributed by atoms with E-state index in [-0.39, 0.29) is 24.0 Å². The zero-order valence-corrected chi connectivity index (χ0v) is 20.2. The molecule has 0 atom stereocenters. The Bertz CT molecular complexity index is 1130. The van der Waals surface area contributed by atoms with Crippen LogP contribution in [-0.4, -0.2) is 29.1 Å². The highest BCUT2D eigenvalue weighted by Gasteiger charge is 2.10. The molecule has 0 bridgehead atoms. The van der Waals surface area contributed by atoms with Gasteiger partial charge in [-0.15, -0.1) is 24.0 Å². The summed E-state index contributed by atoms with van der Waals surface area (Å²) in [5.74, 6) is 2.73. The summed E-state index contributed by atoms with van der Waals surface area (Å²) in [6, 6.07) is 18.5. The largest absolute Gasteiger partial charge is 0.459 e. The number of halogens is 1. The van der Waals surface area contributed by atoms with Crippen LogP contribution in [0.3, 0.4) is 0 Å². The van der Waals surface area contributed by atoms with E-state index in [9.17, 15) is 0 Å². The van der Waals surface area contributed by atoms with Crippen LogP contribution in [0, 0.1) is 6.92 Å². The molecular weight excluding hydrogens is 501 g/mol. The van der Waals surface area contributed by atoms with E-state index < -0.39 is 0 Å². The minimum absolute atomic E-state index is 0. The standard InChI is InChI=1S/C24H27N5O.HI/c1-18-20-10-6-7-11-21(20)30-22(18)16-28-24(25-2)27-13-12-23-26-14-15-29(23)17-19-8-4-3-5-9-19;/h3-11,14-15H,12-13,16-17H2,1-2H3,(H2,25,27,28);1H. The summed E-state index contributed by atoms with van der Waals surface area (Å²) < 4.78 is 8.16. The van der Waals surface area contributed by atoms with E-state index in [1.54, 1.807) is 7.05 Å². The number of fused-ring (bicyclic) bond motifs is 1. The molecule has 4 aromatic rings. The first kappa shape index (κ1) is 22.9. The summed E-state index contributed by atoms with van der Waals surface area (Å²) >= 11 is 0. The fourth-order valence-electron chi connectivity index (χ4n) is 3.56. The Morgan fingerprint density at radius 3 is 2.61 bits per heavy atom. The fraction of sp³-hybridized carbons (Fsp3) is 0.250. The van der Waals surface area contributed by atoms with Gasteiger partial charge in [0.15, 0.2) is 5.96 Å². The molecule has 0 spiro atoms. The summed E-state index contributed by atoms with van der Waals surface area (Å²) in [6.45, 7) is 4.24. The maximum Gasteiger partial charge on any atom is 0.191 e. The van der Waals surface area contributed by atoms with Crippen LogP contribution in [-0.2, 0) is 19.5 Å². The molecule has 2 aromatic carbocycles. The van der Waals surface area contributed by atoms with E-state index >= 15 is 0 Å². The summed E-state index contributed by atoms with van der Waals surface area (Å²) in [6.07, 6.45) is 4.69. The van der Waals surface area contributed by atoms with Gasteiger partial charge in [0.1, 0.15) is 17.2 Å². The molecular formula is C24H28IN5O. The number of guanidine groups is 1. The number of hydrogen-bond acceptors (Lipinski definition) is 3. The predicted octanol–water partition coefficient (Wildman–Crippen LogP) is 4.51. The number of aromatic nitrogens is 2. The Balaban J connectivity index is 0.00000272. The Labute approximate surface area is 199 Å². The predicted molar refractivity (Wildman–Crippen MR) is 136 cm³/mol. The highest BCUT2D eigenvalue weighted by molar-refractivity contribution is 14.0. The molecule has 0 aliphatic heterocycles. The van der Waals surface area contributed by atoms with Crippen LogP contribution in [0.25, 0.3) is 11.0 Å². The molecule has 7 heteroatoms. The number of hydrogen-bond donors (Lipinski definition) is 2. The number of para-hydroxylation sites is 1. The van der Waals surface area contributed by atoms with Gasteiger partial charge in [-0.25, -0.2) is 4.98 Å². The lowest BCUT2D eigenvalue weighted by molar-refractivity contribution is 0.534. The number of nitrogens with one attached hydrogen (secondary N) is 2. The van der Waals surface area contributed by atoms with Crippen LogP contribution in [0.4, 0.5) is 0 Å². The van der Waals surface area contributed by atoms with Gasteiger partial charge in [0, 0.05) is 49.9 Å². The van der Waals surface area contributed by atoms with Crippen molar-refractivity contribution >= 4 is 40.9 Å². The molecule has 0 unspecified atom stereocenters. The summed E-state index contributed by atoms with van der Waals surface area (Å²) in [5.41, 5.74) is 3.35. The van der Waals surface area contributed by atoms with Crippen LogP contribution in [0.2, 0.25) is 0 Å². The molecule has 0 radical (unpaired) electrons. The van der Waals surface area contributed by atoms with Crippen molar-refractivity contribution in [2.45, 2.75) is 26.4 Å². The second-order valence-electron chi connectivity index (χ2n) is 7.21. The quantitative estimate of drug-likeness (QED) is 0.210. The van der Waals surface area contributed by atoms with Crippen molar-refractivity contribution < 1.29 is 4.42 Å². The van der Waals surface area contributed by atoms with Crippen molar-refractivity contribution in [1.29, 1.82) is 0 Å². The molecule has 6 nitrogen and oxygen atoms in total. The highest BCUT2D eigenvalue weighted by Crippen LogP contribution is 2.24. The number of rotatable bonds is 7. The minimum atomic E-state index is 0. The van der Waals surface area contributed by atoms with Gasteiger partial charge in [0.25, 0.3) is 0 Å². The van der Waals surface area contributed by atoms with Crippen LogP contribution in [0.15, 0.2) is 76.4 Å². The molecule has 0 fully saturated rings. The summed E-state index contributed by atoms with van der Waals surface area (Å²) in [5, 5.41) is 7.86. The van der Waals surface area contributed by atoms with Crippen LogP contribution < -0.4 is 10.6 Å². The fourth-order valence-corrected chi connectivity index (χ4v) is 3.56. The number of nitrogens with zero attached hydrogens (tertiary/aromatic N) is 3. The SMILES string of the molecule is CN=C(NCCc1nccn1Cc1ccccc1)NCc1oc2ccccc2c1C.I. The van der Waals surface area contributed by atoms with Gasteiger partial charge in [-0.3, -0.25) is 4.99 Å². The zero-order valence-electron chi connectivity index (χ0n) is 17.8. The van der Waals surface area contributed by atoms with E-state index in [4.69, 9.17) is 4.42 Å². The monoisotopic (exact) mass is 529 g/mol. The molecule has 0 saturated carbocycles. The third-order valence-electron chi connectivity index (χ3n) is 5.22. The average molecular weight is 529 g/mol. The van der Waals surface area contributed by atoms with Crippen molar-refractivity contribution in [3.8, 4) is 0 Å². The molecule has 2 aromatic heterocycles. The van der Waals surface area contributed by atoms with Crippen LogP contribution >= 0.6 is 24.0 Å². The third kappa shape index (κ3) is 5.66. The van der Waals surface area contributed by atoms with E-state index in [1.165, 1.54) is 5.56 Å². The van der Waals surface area contributed by atoms with Crippen molar-refractivity contribution in [2.75, 3.05) is 13.6 Å².